The number of benzene rings is 1. The number of carbonyl (C=O) groups excluding carboxylic acids is 1. The van der Waals surface area contributed by atoms with Gasteiger partial charge in [0.25, 0.3) is 5.91 Å². The highest BCUT2D eigenvalue weighted by atomic mass is 16.2. The number of amides is 1. The molecule has 1 aromatic carbocycles. The Labute approximate surface area is 125 Å². The first-order valence-electron chi connectivity index (χ1n) is 7.57. The molecule has 0 saturated carbocycles. The number of fused-ring (bicyclic) bond motifs is 1. The summed E-state index contributed by atoms with van der Waals surface area (Å²) in [6.07, 6.45) is 3.88. The van der Waals surface area contributed by atoms with E-state index >= 15 is 0 Å². The predicted molar refractivity (Wildman–Crippen MR) is 84.0 cm³/mol. The third-order valence-corrected chi connectivity index (χ3v) is 4.49. The van der Waals surface area contributed by atoms with E-state index < -0.39 is 0 Å². The molecule has 4 nitrogen and oxygen atoms in total. The molecule has 2 N–H and O–H groups in total. The van der Waals surface area contributed by atoms with Gasteiger partial charge in [0.05, 0.1) is 0 Å². The Hall–Kier alpha value is -1.94. The fourth-order valence-electron chi connectivity index (χ4n) is 3.29. The molecule has 0 spiro atoms. The number of hydrogen-bond acceptors (Lipinski definition) is 3. The molecule has 1 fully saturated rings. The van der Waals surface area contributed by atoms with E-state index in [0.29, 0.717) is 18.2 Å². The Bertz CT molecular complexity index is 650. The summed E-state index contributed by atoms with van der Waals surface area (Å²) >= 11 is 0. The quantitative estimate of drug-likeness (QED) is 0.921. The van der Waals surface area contributed by atoms with E-state index in [1.165, 1.54) is 0 Å². The van der Waals surface area contributed by atoms with E-state index in [-0.39, 0.29) is 11.9 Å². The molecule has 1 amide bonds. The second kappa shape index (κ2) is 5.82. The van der Waals surface area contributed by atoms with Gasteiger partial charge >= 0.3 is 0 Å². The third-order valence-electron chi connectivity index (χ3n) is 4.49. The molecule has 1 aromatic heterocycles. The van der Waals surface area contributed by atoms with Crippen molar-refractivity contribution >= 4 is 16.7 Å². The number of carbonyl (C=O) groups is 1. The maximum Gasteiger partial charge on any atom is 0.273 e. The first-order chi connectivity index (χ1) is 10.2. The molecule has 1 aliphatic heterocycles. The molecule has 0 aliphatic carbocycles. The lowest BCUT2D eigenvalue weighted by Crippen LogP contribution is -2.51. The summed E-state index contributed by atoms with van der Waals surface area (Å²) in [4.78, 5) is 19.2. The van der Waals surface area contributed by atoms with Gasteiger partial charge in [-0.3, -0.25) is 9.78 Å². The molecule has 2 heterocycles. The summed E-state index contributed by atoms with van der Waals surface area (Å²) in [5.41, 5.74) is 6.44. The average Bonchev–Trinajstić information content (AvgIpc) is 2.53. The summed E-state index contributed by atoms with van der Waals surface area (Å²) < 4.78 is 0. The zero-order valence-electron chi connectivity index (χ0n) is 12.3. The Balaban J connectivity index is 2.00. The number of aromatic nitrogens is 1. The molecular formula is C17H21N3O. The van der Waals surface area contributed by atoms with Gasteiger partial charge < -0.3 is 10.6 Å². The fourth-order valence-corrected chi connectivity index (χ4v) is 3.29. The molecule has 110 valence electrons. The predicted octanol–water partition coefficient (Wildman–Crippen LogP) is 2.43. The van der Waals surface area contributed by atoms with Crippen LogP contribution in [-0.4, -0.2) is 34.9 Å². The van der Waals surface area contributed by atoms with Crippen LogP contribution in [-0.2, 0) is 0 Å². The highest BCUT2D eigenvalue weighted by Gasteiger charge is 2.32. The molecule has 0 bridgehead atoms. The van der Waals surface area contributed by atoms with E-state index in [4.69, 9.17) is 5.73 Å². The number of likely N-dealkylation sites (tertiary alicyclic amines) is 1. The minimum absolute atomic E-state index is 0.00815. The van der Waals surface area contributed by atoms with Crippen LogP contribution in [0.3, 0.4) is 0 Å². The van der Waals surface area contributed by atoms with E-state index in [0.717, 1.165) is 30.2 Å². The third kappa shape index (κ3) is 2.51. The lowest BCUT2D eigenvalue weighted by Gasteiger charge is -2.39. The summed E-state index contributed by atoms with van der Waals surface area (Å²) in [5.74, 6) is 0.455. The number of piperidine rings is 1. The smallest absolute Gasteiger partial charge is 0.273 e. The normalized spacial score (nSPS) is 22.5. The zero-order chi connectivity index (χ0) is 14.8. The van der Waals surface area contributed by atoms with Crippen LogP contribution < -0.4 is 5.73 Å². The van der Waals surface area contributed by atoms with E-state index in [1.54, 1.807) is 6.20 Å². The number of hydrogen-bond donors (Lipinski definition) is 1. The van der Waals surface area contributed by atoms with Crippen molar-refractivity contribution in [2.75, 3.05) is 13.1 Å². The van der Waals surface area contributed by atoms with Crippen LogP contribution in [0.1, 0.15) is 30.3 Å². The van der Waals surface area contributed by atoms with Gasteiger partial charge in [-0.2, -0.15) is 0 Å². The second-order valence-corrected chi connectivity index (χ2v) is 5.80. The van der Waals surface area contributed by atoms with Crippen molar-refractivity contribution in [1.82, 2.24) is 9.88 Å². The first-order valence-corrected chi connectivity index (χ1v) is 7.57. The monoisotopic (exact) mass is 283 g/mol. The summed E-state index contributed by atoms with van der Waals surface area (Å²) in [7, 11) is 0. The van der Waals surface area contributed by atoms with Crippen molar-refractivity contribution in [3.63, 3.8) is 0 Å². The summed E-state index contributed by atoms with van der Waals surface area (Å²) in [6, 6.07) is 9.94. The average molecular weight is 283 g/mol. The summed E-state index contributed by atoms with van der Waals surface area (Å²) in [5, 5.41) is 1.96. The topological polar surface area (TPSA) is 59.2 Å². The maximum atomic E-state index is 12.9. The first kappa shape index (κ1) is 14.0. The van der Waals surface area contributed by atoms with Crippen molar-refractivity contribution < 1.29 is 4.79 Å². The van der Waals surface area contributed by atoms with Gasteiger partial charge in [0.2, 0.25) is 0 Å². The van der Waals surface area contributed by atoms with Gasteiger partial charge in [0, 0.05) is 30.7 Å². The molecule has 1 saturated heterocycles. The van der Waals surface area contributed by atoms with Crippen LogP contribution in [0.5, 0.6) is 0 Å². The van der Waals surface area contributed by atoms with Crippen molar-refractivity contribution in [2.24, 2.45) is 11.7 Å². The van der Waals surface area contributed by atoms with E-state index in [2.05, 4.69) is 11.9 Å². The van der Waals surface area contributed by atoms with Crippen molar-refractivity contribution in [3.8, 4) is 0 Å². The maximum absolute atomic E-state index is 12.9. The molecule has 2 atom stereocenters. The van der Waals surface area contributed by atoms with Crippen LogP contribution in [0, 0.1) is 5.92 Å². The molecule has 0 radical (unpaired) electrons. The van der Waals surface area contributed by atoms with Gasteiger partial charge in [-0.1, -0.05) is 31.2 Å². The highest BCUT2D eigenvalue weighted by molar-refractivity contribution is 6.05. The van der Waals surface area contributed by atoms with Crippen molar-refractivity contribution in [1.29, 1.82) is 0 Å². The van der Waals surface area contributed by atoms with Gasteiger partial charge in [0.15, 0.2) is 0 Å². The largest absolute Gasteiger partial charge is 0.333 e. The van der Waals surface area contributed by atoms with Crippen LogP contribution in [0.15, 0.2) is 36.5 Å². The Morgan fingerprint density at radius 2 is 2.19 bits per heavy atom. The number of nitrogens with two attached hydrogens (primary N) is 1. The zero-order valence-corrected chi connectivity index (χ0v) is 12.3. The molecule has 4 heteroatoms. The minimum atomic E-state index is 0.00815. The second-order valence-electron chi connectivity index (χ2n) is 5.80. The molecule has 1 unspecified atom stereocenters. The SMILES string of the molecule is C[C@@H]1CCCN(C(=O)c2nccc3ccccc23)C1CN. The van der Waals surface area contributed by atoms with E-state index in [9.17, 15) is 4.79 Å². The van der Waals surface area contributed by atoms with Crippen LogP contribution in [0.25, 0.3) is 10.8 Å². The van der Waals surface area contributed by atoms with Crippen LogP contribution in [0.2, 0.25) is 0 Å². The van der Waals surface area contributed by atoms with E-state index in [1.807, 2.05) is 35.2 Å². The number of nitrogens with zero attached hydrogens (tertiary/aromatic N) is 2. The minimum Gasteiger partial charge on any atom is -0.333 e. The molecular weight excluding hydrogens is 262 g/mol. The Morgan fingerprint density at radius 1 is 1.38 bits per heavy atom. The van der Waals surface area contributed by atoms with Gasteiger partial charge in [-0.25, -0.2) is 0 Å². The molecule has 3 rings (SSSR count). The lowest BCUT2D eigenvalue weighted by molar-refractivity contribution is 0.0529. The van der Waals surface area contributed by atoms with Gasteiger partial charge in [0.1, 0.15) is 5.69 Å². The van der Waals surface area contributed by atoms with Crippen LogP contribution >= 0.6 is 0 Å². The Kier molecular flexibility index (Phi) is 3.88. The molecule has 21 heavy (non-hydrogen) atoms. The highest BCUT2D eigenvalue weighted by Crippen LogP contribution is 2.26. The molecule has 2 aromatic rings. The van der Waals surface area contributed by atoms with Crippen LogP contribution in [0.4, 0.5) is 0 Å². The fraction of sp³-hybridized carbons (Fsp3) is 0.412. The standard InChI is InChI=1S/C17H21N3O/c1-12-5-4-10-20(15(12)11-18)17(21)16-14-7-3-2-6-13(14)8-9-19-16/h2-3,6-9,12,15H,4-5,10-11,18H2,1H3/t12-,15?/m1/s1. The summed E-state index contributed by atoms with van der Waals surface area (Å²) in [6.45, 7) is 3.46. The number of rotatable bonds is 2. The lowest BCUT2D eigenvalue weighted by atomic mass is 9.90. The number of pyridine rings is 1. The van der Waals surface area contributed by atoms with Gasteiger partial charge in [-0.15, -0.1) is 0 Å². The Morgan fingerprint density at radius 3 is 3.00 bits per heavy atom. The van der Waals surface area contributed by atoms with Gasteiger partial charge in [-0.05, 0) is 30.2 Å². The molecule has 1 aliphatic rings. The van der Waals surface area contributed by atoms with Crippen molar-refractivity contribution in [3.05, 3.63) is 42.2 Å². The van der Waals surface area contributed by atoms with Crippen molar-refractivity contribution in [2.45, 2.75) is 25.8 Å².